The lowest BCUT2D eigenvalue weighted by Crippen LogP contribution is -2.05. The number of halogens is 3. The van der Waals surface area contributed by atoms with E-state index in [1.54, 1.807) is 17.0 Å². The van der Waals surface area contributed by atoms with Gasteiger partial charge in [0.05, 0.1) is 11.4 Å². The van der Waals surface area contributed by atoms with Crippen molar-refractivity contribution >= 4 is 22.6 Å². The fourth-order valence-electron chi connectivity index (χ4n) is 2.34. The summed E-state index contributed by atoms with van der Waals surface area (Å²) in [5.74, 6) is -0.609. The molecule has 0 amide bonds. The fourth-order valence-corrected chi connectivity index (χ4v) is 2.54. The van der Waals surface area contributed by atoms with E-state index in [0.717, 1.165) is 11.6 Å². The molecule has 0 saturated carbocycles. The average molecular weight is 308 g/mol. The first-order chi connectivity index (χ1) is 10.2. The highest BCUT2D eigenvalue weighted by atomic mass is 35.5. The molecule has 3 nitrogen and oxygen atoms in total. The largest absolute Gasteiger partial charge is 0.326 e. The second-order valence-corrected chi connectivity index (χ2v) is 4.94. The first-order valence-corrected chi connectivity index (χ1v) is 7.01. The summed E-state index contributed by atoms with van der Waals surface area (Å²) in [6.07, 6.45) is 4.13. The maximum Gasteiger partial charge on any atom is 0.153 e. The number of aryl methyl sites for hydroxylation is 2. The monoisotopic (exact) mass is 307 g/mol. The second kappa shape index (κ2) is 5.77. The minimum Gasteiger partial charge on any atom is -0.326 e. The Labute approximate surface area is 125 Å². The van der Waals surface area contributed by atoms with Gasteiger partial charge in [-0.2, -0.15) is 0 Å². The first kappa shape index (κ1) is 13.9. The zero-order valence-corrected chi connectivity index (χ0v) is 11.8. The lowest BCUT2D eigenvalue weighted by atomic mass is 10.2. The number of pyridine rings is 1. The second-order valence-electron chi connectivity index (χ2n) is 4.67. The van der Waals surface area contributed by atoms with Crippen LogP contribution in [-0.4, -0.2) is 14.5 Å². The highest BCUT2D eigenvalue weighted by Gasteiger charge is 2.14. The molecule has 0 bridgehead atoms. The number of alkyl halides is 1. The summed E-state index contributed by atoms with van der Waals surface area (Å²) in [7, 11) is 0. The minimum absolute atomic E-state index is 0.145. The zero-order chi connectivity index (χ0) is 14.8. The summed E-state index contributed by atoms with van der Waals surface area (Å²) in [6.45, 7) is 0.547. The zero-order valence-electron chi connectivity index (χ0n) is 11.1. The van der Waals surface area contributed by atoms with Crippen LogP contribution in [0, 0.1) is 11.6 Å². The molecule has 0 N–H and O–H groups in total. The van der Waals surface area contributed by atoms with Gasteiger partial charge >= 0.3 is 0 Å². The van der Waals surface area contributed by atoms with Crippen molar-refractivity contribution in [3.05, 3.63) is 59.7 Å². The van der Waals surface area contributed by atoms with E-state index < -0.39 is 11.6 Å². The summed E-state index contributed by atoms with van der Waals surface area (Å²) in [4.78, 5) is 8.12. The van der Waals surface area contributed by atoms with Gasteiger partial charge in [0.25, 0.3) is 0 Å². The quantitative estimate of drug-likeness (QED) is 0.688. The van der Waals surface area contributed by atoms with Crippen molar-refractivity contribution in [2.24, 2.45) is 0 Å². The smallest absolute Gasteiger partial charge is 0.153 e. The van der Waals surface area contributed by atoms with E-state index in [9.17, 15) is 8.78 Å². The third-order valence-electron chi connectivity index (χ3n) is 3.34. The van der Waals surface area contributed by atoms with Gasteiger partial charge in [-0.1, -0.05) is 0 Å². The summed E-state index contributed by atoms with van der Waals surface area (Å²) < 4.78 is 29.0. The molecule has 0 fully saturated rings. The SMILES string of the molecule is Fc1cc(F)c2nc(CCl)n(CCc3ccncc3)c2c1. The van der Waals surface area contributed by atoms with E-state index in [4.69, 9.17) is 11.6 Å². The Balaban J connectivity index is 2.00. The fraction of sp³-hybridized carbons (Fsp3) is 0.200. The summed E-state index contributed by atoms with van der Waals surface area (Å²) >= 11 is 5.87. The Morgan fingerprint density at radius 2 is 1.90 bits per heavy atom. The van der Waals surface area contributed by atoms with Crippen molar-refractivity contribution in [2.75, 3.05) is 0 Å². The molecule has 6 heteroatoms. The Kier molecular flexibility index (Phi) is 3.84. The third kappa shape index (κ3) is 2.74. The van der Waals surface area contributed by atoms with Crippen molar-refractivity contribution < 1.29 is 8.78 Å². The van der Waals surface area contributed by atoms with E-state index in [0.29, 0.717) is 24.3 Å². The lowest BCUT2D eigenvalue weighted by Gasteiger charge is -2.08. The van der Waals surface area contributed by atoms with Crippen LogP contribution in [0.15, 0.2) is 36.7 Å². The molecule has 2 aromatic heterocycles. The molecule has 0 unspecified atom stereocenters. The van der Waals surface area contributed by atoms with E-state index in [-0.39, 0.29) is 11.4 Å². The molecule has 21 heavy (non-hydrogen) atoms. The molecule has 2 heterocycles. The highest BCUT2D eigenvalue weighted by molar-refractivity contribution is 6.16. The summed E-state index contributed by atoms with van der Waals surface area (Å²) in [5, 5.41) is 0. The van der Waals surface area contributed by atoms with Crippen LogP contribution in [-0.2, 0) is 18.8 Å². The number of fused-ring (bicyclic) bond motifs is 1. The lowest BCUT2D eigenvalue weighted by molar-refractivity contribution is 0.589. The molecule has 0 spiro atoms. The molecule has 108 valence electrons. The van der Waals surface area contributed by atoms with Crippen molar-refractivity contribution in [3.63, 3.8) is 0 Å². The highest BCUT2D eigenvalue weighted by Crippen LogP contribution is 2.22. The number of imidazole rings is 1. The van der Waals surface area contributed by atoms with Crippen molar-refractivity contribution in [2.45, 2.75) is 18.8 Å². The van der Waals surface area contributed by atoms with Crippen LogP contribution in [0.4, 0.5) is 8.78 Å². The predicted octanol–water partition coefficient (Wildman–Crippen LogP) is 3.69. The summed E-state index contributed by atoms with van der Waals surface area (Å²) in [5.41, 5.74) is 1.67. The van der Waals surface area contributed by atoms with E-state index >= 15 is 0 Å². The van der Waals surface area contributed by atoms with Crippen molar-refractivity contribution in [1.82, 2.24) is 14.5 Å². The number of rotatable bonds is 4. The predicted molar refractivity (Wildman–Crippen MR) is 77.1 cm³/mol. The molecule has 3 rings (SSSR count). The maximum atomic E-state index is 13.8. The van der Waals surface area contributed by atoms with Gasteiger partial charge in [0.2, 0.25) is 0 Å². The molecule has 0 aliphatic heterocycles. The molecule has 0 aliphatic carbocycles. The molecule has 0 saturated heterocycles. The Bertz CT molecular complexity index is 771. The van der Waals surface area contributed by atoms with Gasteiger partial charge in [0, 0.05) is 25.0 Å². The van der Waals surface area contributed by atoms with Crippen molar-refractivity contribution in [3.8, 4) is 0 Å². The molecule has 0 aliphatic rings. The van der Waals surface area contributed by atoms with Crippen LogP contribution >= 0.6 is 11.6 Å². The third-order valence-corrected chi connectivity index (χ3v) is 3.58. The van der Waals surface area contributed by atoms with Gasteiger partial charge in [-0.3, -0.25) is 4.98 Å². The summed E-state index contributed by atoms with van der Waals surface area (Å²) in [6, 6.07) is 5.93. The molecular weight excluding hydrogens is 296 g/mol. The van der Waals surface area contributed by atoms with Gasteiger partial charge in [-0.25, -0.2) is 13.8 Å². The molecular formula is C15H12ClF2N3. The van der Waals surface area contributed by atoms with Crippen LogP contribution < -0.4 is 0 Å². The molecule has 0 radical (unpaired) electrons. The van der Waals surface area contributed by atoms with Gasteiger partial charge in [0.1, 0.15) is 17.2 Å². The minimum atomic E-state index is -0.668. The average Bonchev–Trinajstić information content (AvgIpc) is 2.84. The van der Waals surface area contributed by atoms with Crippen LogP contribution in [0.1, 0.15) is 11.4 Å². The molecule has 0 atom stereocenters. The van der Waals surface area contributed by atoms with E-state index in [1.807, 2.05) is 12.1 Å². The Morgan fingerprint density at radius 3 is 2.62 bits per heavy atom. The van der Waals surface area contributed by atoms with Gasteiger partial charge < -0.3 is 4.57 Å². The number of nitrogens with zero attached hydrogens (tertiary/aromatic N) is 3. The van der Waals surface area contributed by atoms with Crippen LogP contribution in [0.5, 0.6) is 0 Å². The first-order valence-electron chi connectivity index (χ1n) is 6.48. The molecule has 1 aromatic carbocycles. The Morgan fingerprint density at radius 1 is 1.14 bits per heavy atom. The van der Waals surface area contributed by atoms with Crippen molar-refractivity contribution in [1.29, 1.82) is 0 Å². The standard InChI is InChI=1S/C15H12ClF2N3/c16-9-14-20-15-12(18)7-11(17)8-13(15)21(14)6-3-10-1-4-19-5-2-10/h1-2,4-5,7-8H,3,6,9H2. The van der Waals surface area contributed by atoms with Crippen LogP contribution in [0.2, 0.25) is 0 Å². The normalized spacial score (nSPS) is 11.2. The number of aromatic nitrogens is 3. The van der Waals surface area contributed by atoms with Gasteiger partial charge in [-0.05, 0) is 30.2 Å². The topological polar surface area (TPSA) is 30.7 Å². The maximum absolute atomic E-state index is 13.8. The van der Waals surface area contributed by atoms with Gasteiger partial charge in [0.15, 0.2) is 5.82 Å². The van der Waals surface area contributed by atoms with Crippen LogP contribution in [0.3, 0.4) is 0 Å². The number of hydrogen-bond donors (Lipinski definition) is 0. The Hall–Kier alpha value is -2.01. The van der Waals surface area contributed by atoms with E-state index in [2.05, 4.69) is 9.97 Å². The van der Waals surface area contributed by atoms with Crippen LogP contribution in [0.25, 0.3) is 11.0 Å². The van der Waals surface area contributed by atoms with Gasteiger partial charge in [-0.15, -0.1) is 11.6 Å². The number of benzene rings is 1. The molecule has 3 aromatic rings. The number of hydrogen-bond acceptors (Lipinski definition) is 2. The van der Waals surface area contributed by atoms with E-state index in [1.165, 1.54) is 6.07 Å².